The standard InChI is InChI=1S/C14H22N4O/c1-2-17-7-3-5-12(17)13-6-4-8-18(13)14(19)11-9-15-10-16-11/h9-10,12-13H,2-8H2,1H3,(H,15,16)/t12-,13-/m1/s1. The first-order valence-electron chi connectivity index (χ1n) is 7.34. The van der Waals surface area contributed by atoms with E-state index < -0.39 is 0 Å². The Morgan fingerprint density at radius 1 is 1.37 bits per heavy atom. The molecule has 3 heterocycles. The van der Waals surface area contributed by atoms with E-state index in [1.807, 2.05) is 0 Å². The molecule has 5 heteroatoms. The van der Waals surface area contributed by atoms with E-state index in [9.17, 15) is 4.79 Å². The fourth-order valence-corrected chi connectivity index (χ4v) is 3.65. The maximum absolute atomic E-state index is 12.5. The molecule has 1 amide bonds. The lowest BCUT2D eigenvalue weighted by Crippen LogP contribution is -2.48. The number of rotatable bonds is 3. The third-order valence-corrected chi connectivity index (χ3v) is 4.55. The minimum Gasteiger partial charge on any atom is -0.341 e. The quantitative estimate of drug-likeness (QED) is 0.898. The van der Waals surface area contributed by atoms with Gasteiger partial charge in [0.1, 0.15) is 5.69 Å². The van der Waals surface area contributed by atoms with Crippen LogP contribution in [0.1, 0.15) is 43.1 Å². The van der Waals surface area contributed by atoms with Gasteiger partial charge in [-0.05, 0) is 38.8 Å². The number of hydrogen-bond acceptors (Lipinski definition) is 3. The van der Waals surface area contributed by atoms with Gasteiger partial charge in [-0.3, -0.25) is 9.69 Å². The Kier molecular flexibility index (Phi) is 3.55. The van der Waals surface area contributed by atoms with E-state index in [0.717, 1.165) is 25.9 Å². The average molecular weight is 262 g/mol. The van der Waals surface area contributed by atoms with Gasteiger partial charge in [-0.25, -0.2) is 4.98 Å². The van der Waals surface area contributed by atoms with Gasteiger partial charge in [0.15, 0.2) is 0 Å². The Balaban J connectivity index is 1.76. The van der Waals surface area contributed by atoms with Crippen molar-refractivity contribution in [1.29, 1.82) is 0 Å². The van der Waals surface area contributed by atoms with Crippen molar-refractivity contribution in [1.82, 2.24) is 19.8 Å². The molecule has 2 atom stereocenters. The summed E-state index contributed by atoms with van der Waals surface area (Å²) >= 11 is 0. The van der Waals surface area contributed by atoms with Gasteiger partial charge in [0.05, 0.1) is 12.5 Å². The fraction of sp³-hybridized carbons (Fsp3) is 0.714. The van der Waals surface area contributed by atoms with Gasteiger partial charge >= 0.3 is 0 Å². The zero-order valence-electron chi connectivity index (χ0n) is 11.5. The molecule has 2 saturated heterocycles. The monoisotopic (exact) mass is 262 g/mol. The number of aromatic nitrogens is 2. The first-order chi connectivity index (χ1) is 9.31. The number of imidazole rings is 1. The average Bonchev–Trinajstić information content (AvgIpc) is 3.16. The molecule has 0 bridgehead atoms. The molecule has 1 aromatic rings. The van der Waals surface area contributed by atoms with Crippen molar-refractivity contribution in [3.63, 3.8) is 0 Å². The van der Waals surface area contributed by atoms with E-state index in [1.165, 1.54) is 19.4 Å². The van der Waals surface area contributed by atoms with Gasteiger partial charge in [0.25, 0.3) is 5.91 Å². The minimum atomic E-state index is 0.114. The molecule has 5 nitrogen and oxygen atoms in total. The molecule has 19 heavy (non-hydrogen) atoms. The van der Waals surface area contributed by atoms with E-state index in [1.54, 1.807) is 12.5 Å². The molecule has 0 aliphatic carbocycles. The van der Waals surface area contributed by atoms with Crippen LogP contribution in [0.4, 0.5) is 0 Å². The van der Waals surface area contributed by atoms with E-state index in [4.69, 9.17) is 0 Å². The Bertz CT molecular complexity index is 431. The maximum atomic E-state index is 12.5. The molecule has 104 valence electrons. The molecule has 2 fully saturated rings. The van der Waals surface area contributed by atoms with Crippen LogP contribution in [0.25, 0.3) is 0 Å². The summed E-state index contributed by atoms with van der Waals surface area (Å²) in [6.45, 7) is 5.38. The molecule has 1 aromatic heterocycles. The summed E-state index contributed by atoms with van der Waals surface area (Å²) in [6.07, 6.45) is 7.96. The summed E-state index contributed by atoms with van der Waals surface area (Å²) in [5, 5.41) is 0. The summed E-state index contributed by atoms with van der Waals surface area (Å²) in [7, 11) is 0. The van der Waals surface area contributed by atoms with E-state index in [0.29, 0.717) is 17.8 Å². The van der Waals surface area contributed by atoms with Crippen LogP contribution in [0.15, 0.2) is 12.5 Å². The lowest BCUT2D eigenvalue weighted by molar-refractivity contribution is 0.0644. The Morgan fingerprint density at radius 2 is 2.16 bits per heavy atom. The third kappa shape index (κ3) is 2.27. The molecule has 0 radical (unpaired) electrons. The zero-order chi connectivity index (χ0) is 13.2. The molecular weight excluding hydrogens is 240 g/mol. The molecule has 0 unspecified atom stereocenters. The predicted octanol–water partition coefficient (Wildman–Crippen LogP) is 1.50. The Morgan fingerprint density at radius 3 is 2.89 bits per heavy atom. The highest BCUT2D eigenvalue weighted by Gasteiger charge is 2.39. The highest BCUT2D eigenvalue weighted by molar-refractivity contribution is 5.92. The van der Waals surface area contributed by atoms with Crippen LogP contribution in [-0.2, 0) is 0 Å². The number of nitrogens with zero attached hydrogens (tertiary/aromatic N) is 3. The van der Waals surface area contributed by atoms with Gasteiger partial charge in [-0.1, -0.05) is 6.92 Å². The number of carbonyl (C=O) groups is 1. The minimum absolute atomic E-state index is 0.114. The molecule has 2 aliphatic rings. The second-order valence-corrected chi connectivity index (χ2v) is 5.51. The topological polar surface area (TPSA) is 52.2 Å². The smallest absolute Gasteiger partial charge is 0.272 e. The number of hydrogen-bond donors (Lipinski definition) is 1. The number of nitrogens with one attached hydrogen (secondary N) is 1. The summed E-state index contributed by atoms with van der Waals surface area (Å²) in [6, 6.07) is 0.942. The summed E-state index contributed by atoms with van der Waals surface area (Å²) < 4.78 is 0. The summed E-state index contributed by atoms with van der Waals surface area (Å²) in [4.78, 5) is 24.0. The molecule has 0 saturated carbocycles. The van der Waals surface area contributed by atoms with Gasteiger partial charge in [-0.2, -0.15) is 0 Å². The van der Waals surface area contributed by atoms with Crippen LogP contribution in [0.2, 0.25) is 0 Å². The van der Waals surface area contributed by atoms with Crippen LogP contribution >= 0.6 is 0 Å². The van der Waals surface area contributed by atoms with Crippen molar-refractivity contribution in [3.8, 4) is 0 Å². The van der Waals surface area contributed by atoms with E-state index in [2.05, 4.69) is 26.7 Å². The molecule has 0 spiro atoms. The van der Waals surface area contributed by atoms with Crippen LogP contribution in [0, 0.1) is 0 Å². The number of carbonyl (C=O) groups excluding carboxylic acids is 1. The number of likely N-dealkylation sites (N-methyl/N-ethyl adjacent to an activating group) is 1. The molecule has 3 rings (SSSR count). The van der Waals surface area contributed by atoms with Crippen molar-refractivity contribution < 1.29 is 4.79 Å². The SMILES string of the molecule is CCN1CCC[C@@H]1[C@H]1CCCN1C(=O)c1cnc[nH]1. The van der Waals surface area contributed by atoms with Crippen molar-refractivity contribution in [2.24, 2.45) is 0 Å². The largest absolute Gasteiger partial charge is 0.341 e. The molecular formula is C14H22N4O. The van der Waals surface area contributed by atoms with Gasteiger partial charge in [-0.15, -0.1) is 0 Å². The third-order valence-electron chi connectivity index (χ3n) is 4.55. The first-order valence-corrected chi connectivity index (χ1v) is 7.34. The number of aromatic amines is 1. The Labute approximate surface area is 114 Å². The summed E-state index contributed by atoms with van der Waals surface area (Å²) in [5.41, 5.74) is 0.618. The van der Waals surface area contributed by atoms with Gasteiger partial charge in [0, 0.05) is 18.6 Å². The van der Waals surface area contributed by atoms with Crippen LogP contribution in [-0.4, -0.2) is 57.4 Å². The predicted molar refractivity (Wildman–Crippen MR) is 72.9 cm³/mol. The van der Waals surface area contributed by atoms with E-state index in [-0.39, 0.29) is 5.91 Å². The van der Waals surface area contributed by atoms with Crippen molar-refractivity contribution in [3.05, 3.63) is 18.2 Å². The number of likely N-dealkylation sites (tertiary alicyclic amines) is 2. The molecule has 0 aromatic carbocycles. The number of H-pyrrole nitrogens is 1. The lowest BCUT2D eigenvalue weighted by Gasteiger charge is -2.34. The molecule has 1 N–H and O–H groups in total. The lowest BCUT2D eigenvalue weighted by atomic mass is 10.0. The second kappa shape index (κ2) is 5.33. The normalized spacial score (nSPS) is 28.2. The van der Waals surface area contributed by atoms with Crippen LogP contribution in [0.5, 0.6) is 0 Å². The van der Waals surface area contributed by atoms with Crippen LogP contribution < -0.4 is 0 Å². The number of amides is 1. The zero-order valence-corrected chi connectivity index (χ0v) is 11.5. The van der Waals surface area contributed by atoms with Crippen LogP contribution in [0.3, 0.4) is 0 Å². The van der Waals surface area contributed by atoms with Gasteiger partial charge < -0.3 is 9.88 Å². The first kappa shape index (κ1) is 12.7. The van der Waals surface area contributed by atoms with Crippen molar-refractivity contribution >= 4 is 5.91 Å². The highest BCUT2D eigenvalue weighted by atomic mass is 16.2. The van der Waals surface area contributed by atoms with Crippen molar-refractivity contribution in [2.45, 2.75) is 44.7 Å². The van der Waals surface area contributed by atoms with Gasteiger partial charge in [0.2, 0.25) is 0 Å². The van der Waals surface area contributed by atoms with Crippen molar-refractivity contribution in [2.75, 3.05) is 19.6 Å². The second-order valence-electron chi connectivity index (χ2n) is 5.51. The molecule has 2 aliphatic heterocycles. The highest BCUT2D eigenvalue weighted by Crippen LogP contribution is 2.30. The maximum Gasteiger partial charge on any atom is 0.272 e. The van der Waals surface area contributed by atoms with E-state index >= 15 is 0 Å². The Hall–Kier alpha value is -1.36. The summed E-state index contributed by atoms with van der Waals surface area (Å²) in [5.74, 6) is 0.114. The fourth-order valence-electron chi connectivity index (χ4n) is 3.65.